The fourth-order valence-electron chi connectivity index (χ4n) is 8.52. The number of rotatable bonds is 3. The van der Waals surface area contributed by atoms with Crippen LogP contribution >= 0.6 is 22.7 Å². The summed E-state index contributed by atoms with van der Waals surface area (Å²) in [4.78, 5) is 0. The van der Waals surface area contributed by atoms with Crippen LogP contribution in [0.4, 0.5) is 0 Å². The van der Waals surface area contributed by atoms with Gasteiger partial charge in [0.25, 0.3) is 0 Å². The van der Waals surface area contributed by atoms with E-state index >= 15 is 0 Å². The summed E-state index contributed by atoms with van der Waals surface area (Å²) < 4.78 is 5.44. The third kappa shape index (κ3) is 4.88. The van der Waals surface area contributed by atoms with Crippen LogP contribution in [0.2, 0.25) is 0 Å². The maximum absolute atomic E-state index is 2.43. The highest BCUT2D eigenvalue weighted by Crippen LogP contribution is 2.50. The Kier molecular flexibility index (Phi) is 7.33. The summed E-state index contributed by atoms with van der Waals surface area (Å²) in [7, 11) is 0. The molecule has 11 aromatic rings. The van der Waals surface area contributed by atoms with Gasteiger partial charge in [-0.25, -0.2) is 0 Å². The lowest BCUT2D eigenvalue weighted by molar-refractivity contribution is 1.64. The Bertz CT molecular complexity index is 3330. The average Bonchev–Trinajstić information content (AvgIpc) is 3.81. The first-order chi connectivity index (χ1) is 26.8. The first-order valence-electron chi connectivity index (χ1n) is 18.4. The van der Waals surface area contributed by atoms with E-state index in [2.05, 4.69) is 194 Å². The van der Waals surface area contributed by atoms with Crippen molar-refractivity contribution < 1.29 is 0 Å². The molecule has 252 valence electrons. The fraction of sp³-hybridized carbons (Fsp3) is 0. The second kappa shape index (κ2) is 12.7. The SMILES string of the molecule is c1ccc(-c2ccccccc(-c3ccc(-c4ccc5c(c4)sc4c6ccccc6c6sc7ccccc7c6c54)c4ccccc34)c3ccccc23)cc1. The summed E-state index contributed by atoms with van der Waals surface area (Å²) in [5.74, 6) is 0. The predicted molar refractivity (Wildman–Crippen MR) is 239 cm³/mol. The van der Waals surface area contributed by atoms with Gasteiger partial charge in [0, 0.05) is 51.1 Å². The van der Waals surface area contributed by atoms with Gasteiger partial charge in [-0.2, -0.15) is 0 Å². The molecule has 0 aliphatic rings. The van der Waals surface area contributed by atoms with Gasteiger partial charge in [-0.15, -0.1) is 22.7 Å². The van der Waals surface area contributed by atoms with Crippen LogP contribution in [0.15, 0.2) is 194 Å². The molecule has 0 nitrogen and oxygen atoms in total. The molecule has 2 heterocycles. The Labute approximate surface area is 321 Å². The lowest BCUT2D eigenvalue weighted by atomic mass is 9.89. The normalized spacial score (nSPS) is 11.7. The van der Waals surface area contributed by atoms with Crippen molar-refractivity contribution >= 4 is 95.3 Å². The zero-order chi connectivity index (χ0) is 35.6. The molecule has 0 fully saturated rings. The predicted octanol–water partition coefficient (Wildman–Crippen LogP) is 16.0. The van der Waals surface area contributed by atoms with Crippen LogP contribution < -0.4 is 0 Å². The van der Waals surface area contributed by atoms with Gasteiger partial charge in [0.2, 0.25) is 0 Å². The summed E-state index contributed by atoms with van der Waals surface area (Å²) in [5, 5.41) is 13.1. The number of fused-ring (bicyclic) bond motifs is 12. The zero-order valence-corrected chi connectivity index (χ0v) is 30.9. The number of hydrogen-bond donors (Lipinski definition) is 0. The molecule has 9 aromatic carbocycles. The van der Waals surface area contributed by atoms with Crippen LogP contribution in [0.1, 0.15) is 0 Å². The Morgan fingerprint density at radius 3 is 1.30 bits per heavy atom. The van der Waals surface area contributed by atoms with Crippen molar-refractivity contribution in [3.63, 3.8) is 0 Å². The molecule has 0 unspecified atom stereocenters. The first kappa shape index (κ1) is 31.2. The summed E-state index contributed by atoms with van der Waals surface area (Å²) in [6, 6.07) is 71.2. The number of benzene rings is 8. The molecular formula is C52H32S2. The molecule has 0 N–H and O–H groups in total. The van der Waals surface area contributed by atoms with Crippen LogP contribution in [-0.2, 0) is 0 Å². The van der Waals surface area contributed by atoms with Crippen LogP contribution in [0.3, 0.4) is 0 Å². The maximum Gasteiger partial charge on any atom is 0.0441 e. The first-order valence-corrected chi connectivity index (χ1v) is 20.1. The van der Waals surface area contributed by atoms with Crippen molar-refractivity contribution in [1.82, 2.24) is 0 Å². The van der Waals surface area contributed by atoms with Crippen molar-refractivity contribution in [2.75, 3.05) is 0 Å². The van der Waals surface area contributed by atoms with Gasteiger partial charge >= 0.3 is 0 Å². The third-order valence-corrected chi connectivity index (χ3v) is 13.3. The molecule has 0 bridgehead atoms. The molecule has 0 saturated heterocycles. The van der Waals surface area contributed by atoms with E-state index < -0.39 is 0 Å². The van der Waals surface area contributed by atoms with Gasteiger partial charge < -0.3 is 0 Å². The van der Waals surface area contributed by atoms with E-state index in [0.29, 0.717) is 0 Å². The lowest BCUT2D eigenvalue weighted by Crippen LogP contribution is -1.87. The second-order valence-corrected chi connectivity index (χ2v) is 16.0. The molecule has 0 amide bonds. The average molecular weight is 721 g/mol. The van der Waals surface area contributed by atoms with Crippen molar-refractivity contribution in [1.29, 1.82) is 0 Å². The molecule has 0 spiro atoms. The van der Waals surface area contributed by atoms with Crippen LogP contribution in [-0.4, -0.2) is 0 Å². The quantitative estimate of drug-likeness (QED) is 0.170. The van der Waals surface area contributed by atoms with Gasteiger partial charge in [0.05, 0.1) is 0 Å². The zero-order valence-electron chi connectivity index (χ0n) is 29.3. The largest absolute Gasteiger partial charge is 0.135 e. The van der Waals surface area contributed by atoms with E-state index in [-0.39, 0.29) is 0 Å². The maximum atomic E-state index is 2.43. The Morgan fingerprint density at radius 2 is 0.648 bits per heavy atom. The monoisotopic (exact) mass is 720 g/mol. The van der Waals surface area contributed by atoms with Crippen molar-refractivity contribution in [3.8, 4) is 33.4 Å². The fourth-order valence-corrected chi connectivity index (χ4v) is 11.1. The molecule has 0 aliphatic carbocycles. The number of thiophene rings is 2. The van der Waals surface area contributed by atoms with E-state index in [0.717, 1.165) is 0 Å². The summed E-state index contributed by atoms with van der Waals surface area (Å²) >= 11 is 3.85. The molecule has 11 rings (SSSR count). The van der Waals surface area contributed by atoms with E-state index in [4.69, 9.17) is 0 Å². The molecule has 54 heavy (non-hydrogen) atoms. The second-order valence-electron chi connectivity index (χ2n) is 13.9. The third-order valence-electron chi connectivity index (χ3n) is 10.9. The molecule has 0 aliphatic heterocycles. The summed E-state index contributed by atoms with van der Waals surface area (Å²) in [6.07, 6.45) is 0. The molecule has 0 atom stereocenters. The highest BCUT2D eigenvalue weighted by Gasteiger charge is 2.19. The van der Waals surface area contributed by atoms with E-state index in [1.54, 1.807) is 0 Å². The van der Waals surface area contributed by atoms with Gasteiger partial charge in [-0.05, 0) is 67.1 Å². The molecule has 2 aromatic heterocycles. The molecular weight excluding hydrogens is 689 g/mol. The summed E-state index contributed by atoms with van der Waals surface area (Å²) in [5.41, 5.74) is 7.34. The minimum absolute atomic E-state index is 1.20. The molecule has 0 radical (unpaired) electrons. The van der Waals surface area contributed by atoms with Crippen LogP contribution in [0, 0.1) is 0 Å². The molecule has 0 saturated carbocycles. The van der Waals surface area contributed by atoms with E-state index in [9.17, 15) is 0 Å². The highest BCUT2D eigenvalue weighted by atomic mass is 32.1. The Morgan fingerprint density at radius 1 is 0.241 bits per heavy atom. The van der Waals surface area contributed by atoms with Crippen molar-refractivity contribution in [2.45, 2.75) is 0 Å². The standard InChI is InChI=1S/C52H32S2/c1-2-7-19-41(39-22-10-8-20-37(39)35(18-6-1)33-16-4-3-5-17-33)42-31-30-36(38-21-9-11-23-40(38)42)34-28-29-46-48(32-34)54-52-44-25-13-12-24-43(44)51-49(50(46)52)45-26-14-15-27-47(45)53-51/h1-32H. The van der Waals surface area contributed by atoms with E-state index in [1.165, 1.54) is 106 Å². The highest BCUT2D eigenvalue weighted by molar-refractivity contribution is 7.29. The summed E-state index contributed by atoms with van der Waals surface area (Å²) in [6.45, 7) is 0. The Balaban J connectivity index is 1.15. The van der Waals surface area contributed by atoms with E-state index in [1.807, 2.05) is 22.7 Å². The van der Waals surface area contributed by atoms with Gasteiger partial charge in [0.1, 0.15) is 0 Å². The minimum Gasteiger partial charge on any atom is -0.135 e. The smallest absolute Gasteiger partial charge is 0.0441 e. The van der Waals surface area contributed by atoms with Gasteiger partial charge in [-0.1, -0.05) is 182 Å². The van der Waals surface area contributed by atoms with Crippen LogP contribution in [0.5, 0.6) is 0 Å². The molecule has 2 heteroatoms. The van der Waals surface area contributed by atoms with Gasteiger partial charge in [0.15, 0.2) is 0 Å². The van der Waals surface area contributed by atoms with Gasteiger partial charge in [-0.3, -0.25) is 0 Å². The number of hydrogen-bond acceptors (Lipinski definition) is 2. The Hall–Kier alpha value is -6.32. The van der Waals surface area contributed by atoms with Crippen LogP contribution in [0.25, 0.3) is 106 Å². The minimum atomic E-state index is 1.20. The van der Waals surface area contributed by atoms with Crippen molar-refractivity contribution in [3.05, 3.63) is 194 Å². The topological polar surface area (TPSA) is 0 Å². The van der Waals surface area contributed by atoms with Crippen molar-refractivity contribution in [2.24, 2.45) is 0 Å². The lowest BCUT2D eigenvalue weighted by Gasteiger charge is -2.14.